The summed E-state index contributed by atoms with van der Waals surface area (Å²) < 4.78 is 11.0. The first-order valence-corrected chi connectivity index (χ1v) is 24.9. The third-order valence-electron chi connectivity index (χ3n) is 12.4. The van der Waals surface area contributed by atoms with Gasteiger partial charge in [0.1, 0.15) is 0 Å². The molecule has 7 heteroatoms. The molecule has 5 aromatic rings. The van der Waals surface area contributed by atoms with Gasteiger partial charge in [-0.3, -0.25) is 4.90 Å². The van der Waals surface area contributed by atoms with Crippen LogP contribution in [-0.2, 0) is 41.6 Å². The molecule has 3 saturated heterocycles. The molecular weight excluding hydrogens is 813 g/mol. The zero-order valence-electron chi connectivity index (χ0n) is 42.0. The summed E-state index contributed by atoms with van der Waals surface area (Å²) in [5.41, 5.74) is 13.6. The number of aliphatic hydroxyl groups excluding tert-OH is 1. The monoisotopic (exact) mass is 899 g/mol. The summed E-state index contributed by atoms with van der Waals surface area (Å²) in [5.74, 6) is 0.853. The van der Waals surface area contributed by atoms with Gasteiger partial charge >= 0.3 is 0 Å². The highest BCUT2D eigenvalue weighted by atomic mass is 16.5. The van der Waals surface area contributed by atoms with E-state index in [0.29, 0.717) is 6.10 Å². The van der Waals surface area contributed by atoms with Crippen molar-refractivity contribution in [2.45, 2.75) is 92.1 Å². The second-order valence-corrected chi connectivity index (χ2v) is 18.8. The Bertz CT molecular complexity index is 1870. The quantitative estimate of drug-likeness (QED) is 0.109. The second-order valence-electron chi connectivity index (χ2n) is 18.8. The lowest BCUT2D eigenvalue weighted by Gasteiger charge is -2.26. The van der Waals surface area contributed by atoms with Gasteiger partial charge in [-0.15, -0.1) is 0 Å². The minimum Gasteiger partial charge on any atom is -0.396 e. The van der Waals surface area contributed by atoms with Crippen molar-refractivity contribution in [3.63, 3.8) is 0 Å². The minimum atomic E-state index is 0.239. The number of hydrogen-bond acceptors (Lipinski definition) is 7. The van der Waals surface area contributed by atoms with Gasteiger partial charge in [-0.1, -0.05) is 149 Å². The van der Waals surface area contributed by atoms with E-state index in [-0.39, 0.29) is 6.61 Å². The van der Waals surface area contributed by atoms with Crippen LogP contribution >= 0.6 is 0 Å². The van der Waals surface area contributed by atoms with E-state index in [1.54, 1.807) is 0 Å². The smallest absolute Gasteiger partial charge is 0.0703 e. The number of nitrogens with zero attached hydrogens (tertiary/aromatic N) is 2. The molecule has 5 aromatic carbocycles. The molecule has 66 heavy (non-hydrogen) atoms. The summed E-state index contributed by atoms with van der Waals surface area (Å²) in [4.78, 5) is 4.68. The topological polar surface area (TPSA) is 69.2 Å². The van der Waals surface area contributed by atoms with Gasteiger partial charge in [-0.05, 0) is 147 Å². The molecule has 0 aromatic heterocycles. The molecular formula is C59H86N4O3. The van der Waals surface area contributed by atoms with Gasteiger partial charge in [0.15, 0.2) is 0 Å². The summed E-state index contributed by atoms with van der Waals surface area (Å²) in [6, 6.07) is 43.6. The number of aliphatic hydroxyl groups is 1. The van der Waals surface area contributed by atoms with Gasteiger partial charge in [0.2, 0.25) is 0 Å². The van der Waals surface area contributed by atoms with Crippen molar-refractivity contribution in [1.29, 1.82) is 0 Å². The predicted molar refractivity (Wildman–Crippen MR) is 280 cm³/mol. The molecule has 0 aliphatic carbocycles. The van der Waals surface area contributed by atoms with E-state index >= 15 is 0 Å². The Labute approximate surface area is 401 Å². The van der Waals surface area contributed by atoms with E-state index in [1.165, 1.54) is 88.0 Å². The normalized spacial score (nSPS) is 17.1. The third-order valence-corrected chi connectivity index (χ3v) is 12.4. The van der Waals surface area contributed by atoms with Gasteiger partial charge in [0, 0.05) is 45.9 Å². The second kappa shape index (κ2) is 32.5. The summed E-state index contributed by atoms with van der Waals surface area (Å²) in [5, 5.41) is 15.4. The highest BCUT2D eigenvalue weighted by Gasteiger charge is 2.14. The van der Waals surface area contributed by atoms with Gasteiger partial charge in [-0.2, -0.15) is 0 Å². The van der Waals surface area contributed by atoms with Crippen molar-refractivity contribution in [1.82, 2.24) is 20.4 Å². The standard InChI is InChI=1S/2C13H19NO.C13H19N.C11H17N.C9H12O/c1-12-2-4-13(5-3-12)6-7-14-8-10-15-11-9-14;1-11-2-4-12(5-3-11)6-7-13-10-14-8-9-15-13;1-11-4-6-12(7-5-11)9-13-3-2-8-14-10-13;1-10-4-6-11(7-5-10)8-9-12(2)3;1-8-2-4-9(5-3-8)6-7-10/h2-5H,6-11H2,1H3;2-5,13-14H,6-10H2,1H3;4-7,13-14H,2-3,8-10H2,1H3;4-7H,8-9H2,1-3H3;2-5,10H,6-7H2,1H3. The highest BCUT2D eigenvalue weighted by Crippen LogP contribution is 2.17. The maximum absolute atomic E-state index is 8.59. The fourth-order valence-electron chi connectivity index (χ4n) is 7.90. The number of piperidine rings is 1. The van der Waals surface area contributed by atoms with E-state index in [4.69, 9.17) is 14.6 Å². The summed E-state index contributed by atoms with van der Waals surface area (Å²) in [7, 11) is 4.21. The summed E-state index contributed by atoms with van der Waals surface area (Å²) in [6.45, 7) is 22.4. The molecule has 0 saturated carbocycles. The van der Waals surface area contributed by atoms with Crippen molar-refractivity contribution in [2.24, 2.45) is 5.92 Å². The number of aryl methyl sites for hydroxylation is 6. The SMILES string of the molecule is Cc1ccc(CC2CCCNC2)cc1.Cc1ccc(CCC2CNCCO2)cc1.Cc1ccc(CCN(C)C)cc1.Cc1ccc(CCN2CCOCC2)cc1.Cc1ccc(CCO)cc1. The van der Waals surface area contributed by atoms with E-state index in [9.17, 15) is 0 Å². The van der Waals surface area contributed by atoms with Gasteiger partial charge in [0.25, 0.3) is 0 Å². The van der Waals surface area contributed by atoms with Crippen LogP contribution in [0.4, 0.5) is 0 Å². The van der Waals surface area contributed by atoms with Crippen molar-refractivity contribution in [2.75, 3.05) is 92.9 Å². The molecule has 3 fully saturated rings. The Balaban J connectivity index is 0.000000182. The first-order chi connectivity index (χ1) is 32.0. The molecule has 2 unspecified atom stereocenters. The molecule has 3 aliphatic heterocycles. The van der Waals surface area contributed by atoms with Crippen LogP contribution in [0.1, 0.15) is 74.9 Å². The first-order valence-electron chi connectivity index (χ1n) is 24.9. The molecule has 0 radical (unpaired) electrons. The van der Waals surface area contributed by atoms with Gasteiger partial charge < -0.3 is 30.1 Å². The zero-order valence-corrected chi connectivity index (χ0v) is 42.0. The molecule has 7 nitrogen and oxygen atoms in total. The van der Waals surface area contributed by atoms with Crippen LogP contribution in [0.2, 0.25) is 0 Å². The highest BCUT2D eigenvalue weighted by molar-refractivity contribution is 5.24. The van der Waals surface area contributed by atoms with Crippen molar-refractivity contribution >= 4 is 0 Å². The maximum atomic E-state index is 8.59. The van der Waals surface area contributed by atoms with E-state index < -0.39 is 0 Å². The Morgan fingerprint density at radius 3 is 1.44 bits per heavy atom. The number of likely N-dealkylation sites (N-methyl/N-ethyl adjacent to an activating group) is 1. The Morgan fingerprint density at radius 2 is 1.00 bits per heavy atom. The first kappa shape index (κ1) is 54.4. The number of rotatable bonds is 13. The van der Waals surface area contributed by atoms with E-state index in [1.807, 2.05) is 12.1 Å². The lowest BCUT2D eigenvalue weighted by molar-refractivity contribution is 0.0238. The molecule has 3 N–H and O–H groups in total. The zero-order chi connectivity index (χ0) is 47.2. The third kappa shape index (κ3) is 24.5. The average molecular weight is 899 g/mol. The van der Waals surface area contributed by atoms with Crippen LogP contribution in [-0.4, -0.2) is 114 Å². The average Bonchev–Trinajstić information content (AvgIpc) is 3.34. The molecule has 360 valence electrons. The summed E-state index contributed by atoms with van der Waals surface area (Å²) in [6.07, 6.45) is 9.68. The number of morpholine rings is 2. The fraction of sp³-hybridized carbons (Fsp3) is 0.492. The molecule has 0 spiro atoms. The van der Waals surface area contributed by atoms with Crippen molar-refractivity contribution in [3.8, 4) is 0 Å². The number of hydrogen-bond donors (Lipinski definition) is 3. The molecule has 2 atom stereocenters. The van der Waals surface area contributed by atoms with E-state index in [0.717, 1.165) is 97.1 Å². The van der Waals surface area contributed by atoms with Crippen molar-refractivity contribution < 1.29 is 14.6 Å². The molecule has 3 aliphatic rings. The lowest BCUT2D eigenvalue weighted by Crippen LogP contribution is -2.38. The molecule has 0 amide bonds. The minimum absolute atomic E-state index is 0.239. The number of benzene rings is 5. The van der Waals surface area contributed by atoms with Crippen molar-refractivity contribution in [3.05, 3.63) is 177 Å². The van der Waals surface area contributed by atoms with Crippen LogP contribution in [0.25, 0.3) is 0 Å². The Kier molecular flexibility index (Phi) is 26.8. The van der Waals surface area contributed by atoms with Crippen LogP contribution in [0.5, 0.6) is 0 Å². The number of nitrogens with one attached hydrogen (secondary N) is 2. The molecule has 3 heterocycles. The number of ether oxygens (including phenoxy) is 2. The van der Waals surface area contributed by atoms with Crippen LogP contribution in [0.3, 0.4) is 0 Å². The predicted octanol–water partition coefficient (Wildman–Crippen LogP) is 9.95. The lowest BCUT2D eigenvalue weighted by atomic mass is 9.92. The maximum Gasteiger partial charge on any atom is 0.0703 e. The van der Waals surface area contributed by atoms with E-state index in [2.05, 4.69) is 178 Å². The summed E-state index contributed by atoms with van der Waals surface area (Å²) >= 11 is 0. The molecule has 0 bridgehead atoms. The Morgan fingerprint density at radius 1 is 0.545 bits per heavy atom. The fourth-order valence-corrected chi connectivity index (χ4v) is 7.90. The largest absolute Gasteiger partial charge is 0.396 e. The van der Waals surface area contributed by atoms with Gasteiger partial charge in [0.05, 0.1) is 25.9 Å². The Hall–Kier alpha value is -4.18. The van der Waals surface area contributed by atoms with Crippen LogP contribution < -0.4 is 10.6 Å². The van der Waals surface area contributed by atoms with Crippen LogP contribution in [0, 0.1) is 40.5 Å². The molecule has 8 rings (SSSR count). The van der Waals surface area contributed by atoms with Crippen LogP contribution in [0.15, 0.2) is 121 Å². The van der Waals surface area contributed by atoms with Gasteiger partial charge in [-0.25, -0.2) is 0 Å².